The summed E-state index contributed by atoms with van der Waals surface area (Å²) in [6.45, 7) is 5.05. The average molecular weight is 244 g/mol. The number of piperidine rings is 1. The van der Waals surface area contributed by atoms with Crippen molar-refractivity contribution in [3.8, 4) is 0 Å². The Balaban J connectivity index is 2.02. The molecule has 1 saturated heterocycles. The van der Waals surface area contributed by atoms with E-state index in [0.717, 1.165) is 25.2 Å². The fourth-order valence-electron chi connectivity index (χ4n) is 3.12. The van der Waals surface area contributed by atoms with Gasteiger partial charge in [-0.05, 0) is 55.5 Å². The lowest BCUT2D eigenvalue weighted by Crippen LogP contribution is -2.38. The van der Waals surface area contributed by atoms with Crippen LogP contribution in [0.5, 0.6) is 0 Å². The molecule has 1 aliphatic rings. The first-order valence-corrected chi connectivity index (χ1v) is 6.63. The number of H-pyrrole nitrogens is 1. The molecule has 1 fully saturated rings. The van der Waals surface area contributed by atoms with Crippen LogP contribution in [0, 0.1) is 12.8 Å². The van der Waals surface area contributed by atoms with Gasteiger partial charge in [-0.2, -0.15) is 5.10 Å². The molecule has 0 bridgehead atoms. The Bertz CT molecular complexity index is 546. The zero-order valence-corrected chi connectivity index (χ0v) is 10.7. The van der Waals surface area contributed by atoms with E-state index in [-0.39, 0.29) is 0 Å². The molecule has 1 aliphatic heterocycles. The summed E-state index contributed by atoms with van der Waals surface area (Å²) in [6, 6.07) is 4.29. The maximum atomic E-state index is 5.82. The number of benzene rings is 1. The van der Waals surface area contributed by atoms with Crippen molar-refractivity contribution in [1.29, 1.82) is 0 Å². The molecule has 96 valence electrons. The first-order chi connectivity index (χ1) is 8.79. The number of hydrogen-bond acceptors (Lipinski definition) is 3. The minimum atomic E-state index is 0.550. The second-order valence-electron chi connectivity index (χ2n) is 5.32. The van der Waals surface area contributed by atoms with Gasteiger partial charge in [0, 0.05) is 11.9 Å². The molecule has 0 amide bonds. The predicted molar refractivity (Wildman–Crippen MR) is 73.6 cm³/mol. The van der Waals surface area contributed by atoms with Crippen LogP contribution in [0.2, 0.25) is 0 Å². The fraction of sp³-hybridized carbons (Fsp3) is 0.500. The second kappa shape index (κ2) is 4.71. The number of nitrogens with one attached hydrogen (secondary N) is 2. The molecule has 4 N–H and O–H groups in total. The molecule has 4 heteroatoms. The Morgan fingerprint density at radius 1 is 1.39 bits per heavy atom. The number of fused-ring (bicyclic) bond motifs is 1. The molecular weight excluding hydrogens is 224 g/mol. The lowest BCUT2D eigenvalue weighted by Gasteiger charge is -2.30. The third-order valence-corrected chi connectivity index (χ3v) is 4.07. The molecule has 0 saturated carbocycles. The molecule has 3 rings (SSSR count). The highest BCUT2D eigenvalue weighted by Gasteiger charge is 2.24. The van der Waals surface area contributed by atoms with E-state index < -0.39 is 0 Å². The van der Waals surface area contributed by atoms with E-state index in [0.29, 0.717) is 11.8 Å². The number of nitrogens with two attached hydrogens (primary N) is 1. The smallest absolute Gasteiger partial charge is 0.0653 e. The SMILES string of the molecule is Cc1ccc2[nH]ncc2c1C1CNCC(CN)C1. The molecule has 2 aromatic rings. The van der Waals surface area contributed by atoms with Gasteiger partial charge in [0.1, 0.15) is 0 Å². The van der Waals surface area contributed by atoms with E-state index in [1.54, 1.807) is 0 Å². The molecule has 0 spiro atoms. The van der Waals surface area contributed by atoms with Crippen LogP contribution in [-0.4, -0.2) is 29.8 Å². The quantitative estimate of drug-likeness (QED) is 0.750. The predicted octanol–water partition coefficient (Wildman–Crippen LogP) is 1.52. The molecule has 0 radical (unpaired) electrons. The maximum absolute atomic E-state index is 5.82. The Morgan fingerprint density at radius 3 is 3.11 bits per heavy atom. The monoisotopic (exact) mass is 244 g/mol. The highest BCUT2D eigenvalue weighted by atomic mass is 15.1. The first-order valence-electron chi connectivity index (χ1n) is 6.63. The van der Waals surface area contributed by atoms with Gasteiger partial charge in [0.2, 0.25) is 0 Å². The minimum absolute atomic E-state index is 0.550. The molecular formula is C14H20N4. The van der Waals surface area contributed by atoms with Gasteiger partial charge in [0.15, 0.2) is 0 Å². The summed E-state index contributed by atoms with van der Waals surface area (Å²) in [7, 11) is 0. The van der Waals surface area contributed by atoms with Crippen LogP contribution in [0.25, 0.3) is 10.9 Å². The molecule has 2 unspecified atom stereocenters. The highest BCUT2D eigenvalue weighted by molar-refractivity contribution is 5.83. The molecule has 0 aliphatic carbocycles. The van der Waals surface area contributed by atoms with Crippen molar-refractivity contribution in [2.24, 2.45) is 11.7 Å². The van der Waals surface area contributed by atoms with E-state index in [2.05, 4.69) is 34.6 Å². The zero-order chi connectivity index (χ0) is 12.5. The van der Waals surface area contributed by atoms with Crippen molar-refractivity contribution < 1.29 is 0 Å². The lowest BCUT2D eigenvalue weighted by atomic mass is 9.82. The normalized spacial score (nSPS) is 24.6. The minimum Gasteiger partial charge on any atom is -0.330 e. The van der Waals surface area contributed by atoms with Gasteiger partial charge >= 0.3 is 0 Å². The topological polar surface area (TPSA) is 66.7 Å². The summed E-state index contributed by atoms with van der Waals surface area (Å²) in [5.74, 6) is 1.14. The van der Waals surface area contributed by atoms with Crippen molar-refractivity contribution in [3.63, 3.8) is 0 Å². The van der Waals surface area contributed by atoms with Gasteiger partial charge in [0.25, 0.3) is 0 Å². The third kappa shape index (κ3) is 1.91. The lowest BCUT2D eigenvalue weighted by molar-refractivity contribution is 0.349. The van der Waals surface area contributed by atoms with Gasteiger partial charge in [-0.1, -0.05) is 6.07 Å². The summed E-state index contributed by atoms with van der Waals surface area (Å²) in [4.78, 5) is 0. The van der Waals surface area contributed by atoms with Crippen LogP contribution in [-0.2, 0) is 0 Å². The van der Waals surface area contributed by atoms with Crippen LogP contribution in [0.15, 0.2) is 18.3 Å². The fourth-order valence-corrected chi connectivity index (χ4v) is 3.12. The van der Waals surface area contributed by atoms with Gasteiger partial charge in [-0.25, -0.2) is 0 Å². The van der Waals surface area contributed by atoms with Gasteiger partial charge in [0.05, 0.1) is 11.7 Å². The molecule has 2 heterocycles. The van der Waals surface area contributed by atoms with Crippen molar-refractivity contribution in [3.05, 3.63) is 29.5 Å². The van der Waals surface area contributed by atoms with E-state index in [9.17, 15) is 0 Å². The standard InChI is InChI=1S/C14H20N4/c1-9-2-3-13-12(8-17-18-13)14(9)11-4-10(5-15)6-16-7-11/h2-3,8,10-11,16H,4-7,15H2,1H3,(H,17,18). The first kappa shape index (κ1) is 11.7. The average Bonchev–Trinajstić information content (AvgIpc) is 2.87. The Morgan fingerprint density at radius 2 is 2.28 bits per heavy atom. The van der Waals surface area contributed by atoms with Crippen LogP contribution in [0.4, 0.5) is 0 Å². The van der Waals surface area contributed by atoms with E-state index in [1.807, 2.05) is 6.20 Å². The van der Waals surface area contributed by atoms with Crippen LogP contribution >= 0.6 is 0 Å². The number of rotatable bonds is 2. The molecule has 18 heavy (non-hydrogen) atoms. The number of aromatic amines is 1. The Kier molecular flexibility index (Phi) is 3.06. The summed E-state index contributed by atoms with van der Waals surface area (Å²) in [6.07, 6.45) is 3.12. The second-order valence-corrected chi connectivity index (χ2v) is 5.32. The van der Waals surface area contributed by atoms with Crippen LogP contribution in [0.1, 0.15) is 23.5 Å². The van der Waals surface area contributed by atoms with Gasteiger partial charge in [-0.15, -0.1) is 0 Å². The number of hydrogen-bond donors (Lipinski definition) is 3. The van der Waals surface area contributed by atoms with Gasteiger partial charge < -0.3 is 11.1 Å². The maximum Gasteiger partial charge on any atom is 0.0653 e. The third-order valence-electron chi connectivity index (χ3n) is 4.07. The summed E-state index contributed by atoms with van der Waals surface area (Å²) in [5.41, 5.74) is 9.74. The summed E-state index contributed by atoms with van der Waals surface area (Å²) < 4.78 is 0. The highest BCUT2D eigenvalue weighted by Crippen LogP contribution is 2.33. The van der Waals surface area contributed by atoms with Crippen LogP contribution < -0.4 is 11.1 Å². The number of aromatic nitrogens is 2. The van der Waals surface area contributed by atoms with E-state index >= 15 is 0 Å². The summed E-state index contributed by atoms with van der Waals surface area (Å²) in [5, 5.41) is 12.0. The Hall–Kier alpha value is -1.39. The molecule has 2 atom stereocenters. The largest absolute Gasteiger partial charge is 0.330 e. The Labute approximate surface area is 107 Å². The van der Waals surface area contributed by atoms with Crippen molar-refractivity contribution in [2.75, 3.05) is 19.6 Å². The number of aryl methyl sites for hydroxylation is 1. The molecule has 1 aromatic carbocycles. The van der Waals surface area contributed by atoms with Crippen LogP contribution in [0.3, 0.4) is 0 Å². The van der Waals surface area contributed by atoms with Gasteiger partial charge in [-0.3, -0.25) is 5.10 Å². The van der Waals surface area contributed by atoms with E-state index in [4.69, 9.17) is 5.73 Å². The van der Waals surface area contributed by atoms with Crippen molar-refractivity contribution in [2.45, 2.75) is 19.3 Å². The zero-order valence-electron chi connectivity index (χ0n) is 10.7. The van der Waals surface area contributed by atoms with E-state index in [1.165, 1.54) is 22.9 Å². The van der Waals surface area contributed by atoms with Crippen molar-refractivity contribution in [1.82, 2.24) is 15.5 Å². The summed E-state index contributed by atoms with van der Waals surface area (Å²) >= 11 is 0. The molecule has 4 nitrogen and oxygen atoms in total. The van der Waals surface area contributed by atoms with Crippen molar-refractivity contribution >= 4 is 10.9 Å². The number of nitrogens with zero attached hydrogens (tertiary/aromatic N) is 1. The molecule has 1 aromatic heterocycles.